The molecular weight excluding hydrogens is 260 g/mol. The van der Waals surface area contributed by atoms with Crippen molar-refractivity contribution in [3.63, 3.8) is 0 Å². The molecule has 1 aliphatic heterocycles. The molecule has 0 bridgehead atoms. The van der Waals surface area contributed by atoms with E-state index in [4.69, 9.17) is 22.7 Å². The van der Waals surface area contributed by atoms with Gasteiger partial charge in [-0.05, 0) is 26.7 Å². The Labute approximate surface area is 119 Å². The highest BCUT2D eigenvalue weighted by molar-refractivity contribution is 7.80. The number of thiocarbonyl (C=S) groups is 1. The molecular formula is C13H22N4OS. The first-order valence-electron chi connectivity index (χ1n) is 6.51. The van der Waals surface area contributed by atoms with Crippen LogP contribution in [0.5, 0.6) is 0 Å². The summed E-state index contributed by atoms with van der Waals surface area (Å²) in [6.07, 6.45) is 2.16. The van der Waals surface area contributed by atoms with Crippen LogP contribution in [0.25, 0.3) is 0 Å². The molecule has 5 nitrogen and oxygen atoms in total. The number of methoxy groups -OCH3 is 1. The smallest absolute Gasteiger partial charge is 0.137 e. The predicted octanol–water partition coefficient (Wildman–Crippen LogP) is 1.37. The number of hydrogen-bond acceptors (Lipinski definition) is 4. The van der Waals surface area contributed by atoms with Crippen LogP contribution in [0.1, 0.15) is 31.0 Å². The Balaban J connectivity index is 2.39. The van der Waals surface area contributed by atoms with Crippen molar-refractivity contribution in [3.05, 3.63) is 11.3 Å². The molecule has 2 rings (SSSR count). The number of piperidine rings is 1. The van der Waals surface area contributed by atoms with Gasteiger partial charge in [0.05, 0.1) is 16.9 Å². The predicted molar refractivity (Wildman–Crippen MR) is 80.7 cm³/mol. The average Bonchev–Trinajstić information content (AvgIpc) is 2.64. The summed E-state index contributed by atoms with van der Waals surface area (Å²) in [7, 11) is 3.70. The topological polar surface area (TPSA) is 56.3 Å². The number of nitrogens with two attached hydrogens (primary N) is 1. The minimum Gasteiger partial charge on any atom is -0.389 e. The maximum atomic E-state index is 5.86. The molecule has 0 aliphatic carbocycles. The number of aromatic nitrogens is 2. The van der Waals surface area contributed by atoms with E-state index in [0.717, 1.165) is 43.0 Å². The van der Waals surface area contributed by atoms with Crippen molar-refractivity contribution in [2.45, 2.75) is 32.3 Å². The van der Waals surface area contributed by atoms with Crippen molar-refractivity contribution in [1.82, 2.24) is 9.78 Å². The quantitative estimate of drug-likeness (QED) is 0.849. The van der Waals surface area contributed by atoms with E-state index < -0.39 is 0 Å². The fraction of sp³-hybridized carbons (Fsp3) is 0.692. The highest BCUT2D eigenvalue weighted by atomic mass is 32.1. The number of nitrogens with zero attached hydrogens (tertiary/aromatic N) is 3. The van der Waals surface area contributed by atoms with Crippen LogP contribution in [0.15, 0.2) is 0 Å². The zero-order chi connectivity index (χ0) is 14.2. The Morgan fingerprint density at radius 1 is 1.53 bits per heavy atom. The minimum atomic E-state index is -0.121. The molecule has 0 saturated carbocycles. The second-order valence-electron chi connectivity index (χ2n) is 5.45. The lowest BCUT2D eigenvalue weighted by molar-refractivity contribution is -0.00494. The number of aryl methyl sites for hydroxylation is 2. The summed E-state index contributed by atoms with van der Waals surface area (Å²) in [6.45, 7) is 5.89. The highest BCUT2D eigenvalue weighted by Crippen LogP contribution is 2.31. The molecule has 1 aliphatic rings. The van der Waals surface area contributed by atoms with Crippen LogP contribution in [-0.2, 0) is 11.8 Å². The Hall–Kier alpha value is -1.14. The van der Waals surface area contributed by atoms with E-state index >= 15 is 0 Å². The molecule has 2 heterocycles. The summed E-state index contributed by atoms with van der Waals surface area (Å²) in [5.41, 5.74) is 7.51. The number of ether oxygens (including phenoxy) is 1. The molecule has 0 amide bonds. The highest BCUT2D eigenvalue weighted by Gasteiger charge is 2.33. The Morgan fingerprint density at radius 3 is 2.79 bits per heavy atom. The van der Waals surface area contributed by atoms with Gasteiger partial charge in [-0.1, -0.05) is 12.2 Å². The second-order valence-corrected chi connectivity index (χ2v) is 5.89. The molecule has 0 spiro atoms. The minimum absolute atomic E-state index is 0.121. The van der Waals surface area contributed by atoms with Crippen LogP contribution in [0.4, 0.5) is 5.82 Å². The van der Waals surface area contributed by atoms with Crippen LogP contribution in [0.3, 0.4) is 0 Å². The van der Waals surface area contributed by atoms with E-state index in [2.05, 4.69) is 16.9 Å². The second kappa shape index (κ2) is 5.09. The molecule has 2 N–H and O–H groups in total. The van der Waals surface area contributed by atoms with Gasteiger partial charge in [0, 0.05) is 27.2 Å². The van der Waals surface area contributed by atoms with Gasteiger partial charge >= 0.3 is 0 Å². The zero-order valence-corrected chi connectivity index (χ0v) is 12.9. The van der Waals surface area contributed by atoms with Crippen molar-refractivity contribution in [2.24, 2.45) is 12.8 Å². The van der Waals surface area contributed by atoms with Crippen molar-refractivity contribution in [1.29, 1.82) is 0 Å². The van der Waals surface area contributed by atoms with E-state index in [1.165, 1.54) is 0 Å². The van der Waals surface area contributed by atoms with E-state index in [1.54, 1.807) is 7.11 Å². The van der Waals surface area contributed by atoms with Crippen molar-refractivity contribution in [2.75, 3.05) is 25.1 Å². The maximum absolute atomic E-state index is 5.86. The zero-order valence-electron chi connectivity index (χ0n) is 12.1. The summed E-state index contributed by atoms with van der Waals surface area (Å²) in [5.74, 6) is 1.01. The van der Waals surface area contributed by atoms with Crippen LogP contribution < -0.4 is 10.6 Å². The Bertz CT molecular complexity index is 499. The number of anilines is 1. The van der Waals surface area contributed by atoms with E-state index in [0.29, 0.717) is 4.99 Å². The molecule has 6 heteroatoms. The lowest BCUT2D eigenvalue weighted by Gasteiger charge is -2.40. The third-order valence-corrected chi connectivity index (χ3v) is 4.09. The van der Waals surface area contributed by atoms with E-state index in [-0.39, 0.29) is 5.60 Å². The maximum Gasteiger partial charge on any atom is 0.137 e. The lowest BCUT2D eigenvalue weighted by atomic mass is 9.94. The standard InChI is InChI=1S/C13H22N4OS/c1-9-10(11(14)19)12(16(3)15-9)17-7-5-6-13(2,8-17)18-4/h5-8H2,1-4H3,(H2,14,19). The molecule has 1 saturated heterocycles. The van der Waals surface area contributed by atoms with Crippen LogP contribution in [0.2, 0.25) is 0 Å². The van der Waals surface area contributed by atoms with Gasteiger partial charge in [0.15, 0.2) is 0 Å². The first-order chi connectivity index (χ1) is 8.88. The van der Waals surface area contributed by atoms with Gasteiger partial charge in [-0.15, -0.1) is 0 Å². The summed E-state index contributed by atoms with van der Waals surface area (Å²) < 4.78 is 7.51. The van der Waals surface area contributed by atoms with E-state index in [1.807, 2.05) is 18.7 Å². The number of rotatable bonds is 3. The molecule has 0 aromatic carbocycles. The van der Waals surface area contributed by atoms with Crippen molar-refractivity contribution in [3.8, 4) is 0 Å². The molecule has 1 unspecified atom stereocenters. The molecule has 0 radical (unpaired) electrons. The third-order valence-electron chi connectivity index (χ3n) is 3.89. The summed E-state index contributed by atoms with van der Waals surface area (Å²) in [6, 6.07) is 0. The monoisotopic (exact) mass is 282 g/mol. The average molecular weight is 282 g/mol. The van der Waals surface area contributed by atoms with Gasteiger partial charge in [0.2, 0.25) is 0 Å². The van der Waals surface area contributed by atoms with Crippen molar-refractivity contribution >= 4 is 23.0 Å². The van der Waals surface area contributed by atoms with Crippen LogP contribution >= 0.6 is 12.2 Å². The van der Waals surface area contributed by atoms with Crippen molar-refractivity contribution < 1.29 is 4.74 Å². The SMILES string of the molecule is COC1(C)CCCN(c2c(C(N)=S)c(C)nn2C)C1. The third kappa shape index (κ3) is 2.60. The Kier molecular flexibility index (Phi) is 3.82. The first-order valence-corrected chi connectivity index (χ1v) is 6.92. The molecule has 1 atom stereocenters. The summed E-state index contributed by atoms with van der Waals surface area (Å²) in [4.78, 5) is 2.69. The van der Waals surface area contributed by atoms with Gasteiger partial charge < -0.3 is 15.4 Å². The lowest BCUT2D eigenvalue weighted by Crippen LogP contribution is -2.48. The molecule has 1 aromatic heterocycles. The fourth-order valence-electron chi connectivity index (χ4n) is 2.85. The molecule has 106 valence electrons. The van der Waals surface area contributed by atoms with Gasteiger partial charge in [-0.2, -0.15) is 5.10 Å². The van der Waals surface area contributed by atoms with Gasteiger partial charge in [0.1, 0.15) is 10.8 Å². The largest absolute Gasteiger partial charge is 0.389 e. The Morgan fingerprint density at radius 2 is 2.21 bits per heavy atom. The summed E-state index contributed by atoms with van der Waals surface area (Å²) >= 11 is 5.17. The first kappa shape index (κ1) is 14.3. The van der Waals surface area contributed by atoms with Gasteiger partial charge in [-0.3, -0.25) is 4.68 Å². The van der Waals surface area contributed by atoms with Gasteiger partial charge in [0.25, 0.3) is 0 Å². The number of hydrogen-bond donors (Lipinski definition) is 1. The van der Waals surface area contributed by atoms with E-state index in [9.17, 15) is 0 Å². The normalized spacial score (nSPS) is 23.7. The molecule has 19 heavy (non-hydrogen) atoms. The van der Waals surface area contributed by atoms with Crippen LogP contribution in [0, 0.1) is 6.92 Å². The summed E-state index contributed by atoms with van der Waals surface area (Å²) in [5, 5.41) is 4.45. The molecule has 1 aromatic rings. The molecule has 1 fully saturated rings. The fourth-order valence-corrected chi connectivity index (χ4v) is 3.09. The van der Waals surface area contributed by atoms with Gasteiger partial charge in [-0.25, -0.2) is 0 Å². The van der Waals surface area contributed by atoms with Crippen LogP contribution in [-0.4, -0.2) is 40.6 Å².